The van der Waals surface area contributed by atoms with Gasteiger partial charge < -0.3 is 0 Å². The van der Waals surface area contributed by atoms with E-state index in [1.165, 1.54) is 167 Å². The second-order valence-electron chi connectivity index (χ2n) is 15.4. The molecule has 8 aromatic rings. The molecule has 0 radical (unpaired) electrons. The number of rotatable bonds is 17. The minimum Gasteiger partial charge on any atom is -0.0616 e. The Balaban J connectivity index is 0.715. The SMILES string of the molecule is c1ccc2cc3c(CCCCCCCCCCCCCCCCc4c5ccccc5cc5cc6ccccc6cc45)c4ccccc4cc3cc2c1. The van der Waals surface area contributed by atoms with Gasteiger partial charge in [0.2, 0.25) is 0 Å². The zero-order valence-corrected chi connectivity index (χ0v) is 31.0. The molecule has 0 aliphatic carbocycles. The molecule has 0 N–H and O–H groups in total. The molecule has 0 atom stereocenters. The van der Waals surface area contributed by atoms with Crippen molar-refractivity contribution >= 4 is 64.6 Å². The average Bonchev–Trinajstić information content (AvgIpc) is 3.18. The van der Waals surface area contributed by atoms with Crippen LogP contribution in [0.4, 0.5) is 0 Å². The Morgan fingerprint density at radius 3 is 0.846 bits per heavy atom. The van der Waals surface area contributed by atoms with Crippen LogP contribution < -0.4 is 0 Å². The summed E-state index contributed by atoms with van der Waals surface area (Å²) in [4.78, 5) is 0. The van der Waals surface area contributed by atoms with Crippen LogP contribution in [-0.4, -0.2) is 0 Å². The fourth-order valence-corrected chi connectivity index (χ4v) is 8.96. The van der Waals surface area contributed by atoms with Gasteiger partial charge in [0.25, 0.3) is 0 Å². The van der Waals surface area contributed by atoms with Gasteiger partial charge in [0.15, 0.2) is 0 Å². The third-order valence-corrected chi connectivity index (χ3v) is 11.8. The van der Waals surface area contributed by atoms with Crippen LogP contribution in [0.1, 0.15) is 101 Å². The first-order valence-electron chi connectivity index (χ1n) is 20.5. The molecule has 0 heterocycles. The summed E-state index contributed by atoms with van der Waals surface area (Å²) in [5.41, 5.74) is 3.09. The number of unbranched alkanes of at least 4 members (excludes halogenated alkanes) is 13. The average molecular weight is 679 g/mol. The summed E-state index contributed by atoms with van der Waals surface area (Å²) in [5.74, 6) is 0. The van der Waals surface area contributed by atoms with E-state index < -0.39 is 0 Å². The quantitative estimate of drug-likeness (QED) is 0.0664. The van der Waals surface area contributed by atoms with E-state index in [0.717, 1.165) is 0 Å². The molecule has 0 aliphatic heterocycles. The maximum Gasteiger partial charge on any atom is -0.0139 e. The Hall–Kier alpha value is -4.68. The summed E-state index contributed by atoms with van der Waals surface area (Å²) in [7, 11) is 0. The van der Waals surface area contributed by atoms with Crippen molar-refractivity contribution in [2.45, 2.75) is 103 Å². The smallest absolute Gasteiger partial charge is 0.0139 e. The molecule has 8 rings (SSSR count). The van der Waals surface area contributed by atoms with Crippen LogP contribution in [0.5, 0.6) is 0 Å². The van der Waals surface area contributed by atoms with E-state index in [2.05, 4.69) is 133 Å². The molecule has 52 heavy (non-hydrogen) atoms. The van der Waals surface area contributed by atoms with Crippen molar-refractivity contribution in [3.63, 3.8) is 0 Å². The van der Waals surface area contributed by atoms with Crippen molar-refractivity contribution in [2.75, 3.05) is 0 Å². The topological polar surface area (TPSA) is 0 Å². The monoisotopic (exact) mass is 678 g/mol. The molecule has 0 heteroatoms. The van der Waals surface area contributed by atoms with Gasteiger partial charge in [-0.1, -0.05) is 174 Å². The molecule has 0 saturated carbocycles. The first kappa shape index (κ1) is 34.4. The van der Waals surface area contributed by atoms with E-state index >= 15 is 0 Å². The van der Waals surface area contributed by atoms with Crippen LogP contribution in [-0.2, 0) is 12.8 Å². The van der Waals surface area contributed by atoms with Gasteiger partial charge >= 0.3 is 0 Å². The largest absolute Gasteiger partial charge is 0.0616 e. The van der Waals surface area contributed by atoms with Gasteiger partial charge in [0.1, 0.15) is 0 Å². The van der Waals surface area contributed by atoms with Crippen LogP contribution in [0.3, 0.4) is 0 Å². The zero-order valence-electron chi connectivity index (χ0n) is 31.0. The van der Waals surface area contributed by atoms with Gasteiger partial charge in [0, 0.05) is 0 Å². The Bertz CT molecular complexity index is 2250. The highest BCUT2D eigenvalue weighted by Crippen LogP contribution is 2.34. The second kappa shape index (κ2) is 16.8. The Morgan fingerprint density at radius 1 is 0.212 bits per heavy atom. The van der Waals surface area contributed by atoms with Crippen molar-refractivity contribution in [2.24, 2.45) is 0 Å². The molecule has 0 amide bonds. The van der Waals surface area contributed by atoms with E-state index in [1.54, 1.807) is 11.1 Å². The van der Waals surface area contributed by atoms with Crippen molar-refractivity contribution in [1.29, 1.82) is 0 Å². The fourth-order valence-electron chi connectivity index (χ4n) is 8.96. The second-order valence-corrected chi connectivity index (χ2v) is 15.4. The lowest BCUT2D eigenvalue weighted by atomic mass is 9.91. The highest BCUT2D eigenvalue weighted by atomic mass is 14.1. The lowest BCUT2D eigenvalue weighted by molar-refractivity contribution is 0.533. The van der Waals surface area contributed by atoms with Crippen LogP contribution in [0.25, 0.3) is 64.6 Å². The molecule has 0 fully saturated rings. The van der Waals surface area contributed by atoms with Crippen LogP contribution in [0.15, 0.2) is 133 Å². The highest BCUT2D eigenvalue weighted by molar-refractivity contribution is 6.08. The van der Waals surface area contributed by atoms with E-state index in [1.807, 2.05) is 0 Å². The van der Waals surface area contributed by atoms with Gasteiger partial charge in [-0.05, 0) is 138 Å². The van der Waals surface area contributed by atoms with Gasteiger partial charge in [-0.15, -0.1) is 0 Å². The molecule has 0 bridgehead atoms. The van der Waals surface area contributed by atoms with Crippen LogP contribution >= 0.6 is 0 Å². The Morgan fingerprint density at radius 2 is 0.481 bits per heavy atom. The maximum atomic E-state index is 2.43. The Labute approximate surface area is 310 Å². The van der Waals surface area contributed by atoms with Crippen molar-refractivity contribution in [3.05, 3.63) is 145 Å². The zero-order chi connectivity index (χ0) is 35.0. The molecule has 0 spiro atoms. The summed E-state index contributed by atoms with van der Waals surface area (Å²) in [6, 6.07) is 50.0. The van der Waals surface area contributed by atoms with E-state index in [0.29, 0.717) is 0 Å². The number of aryl methyl sites for hydroxylation is 2. The minimum absolute atomic E-state index is 1.17. The molecule has 0 unspecified atom stereocenters. The summed E-state index contributed by atoms with van der Waals surface area (Å²) in [6.45, 7) is 0. The van der Waals surface area contributed by atoms with Gasteiger partial charge in [0.05, 0.1) is 0 Å². The minimum atomic E-state index is 1.17. The number of fused-ring (bicyclic) bond motifs is 6. The molecule has 8 aromatic carbocycles. The Kier molecular flexibility index (Phi) is 11.1. The van der Waals surface area contributed by atoms with Crippen molar-refractivity contribution < 1.29 is 0 Å². The van der Waals surface area contributed by atoms with Crippen molar-refractivity contribution in [3.8, 4) is 0 Å². The lowest BCUT2D eigenvalue weighted by Gasteiger charge is -2.13. The summed E-state index contributed by atoms with van der Waals surface area (Å²) >= 11 is 0. The number of hydrogen-bond acceptors (Lipinski definition) is 0. The summed E-state index contributed by atoms with van der Waals surface area (Å²) in [6.07, 6.45) is 21.6. The maximum absolute atomic E-state index is 2.43. The number of hydrogen-bond donors (Lipinski definition) is 0. The first-order valence-corrected chi connectivity index (χ1v) is 20.5. The normalized spacial score (nSPS) is 11.9. The van der Waals surface area contributed by atoms with E-state index in [-0.39, 0.29) is 0 Å². The number of benzene rings is 8. The highest BCUT2D eigenvalue weighted by Gasteiger charge is 2.11. The van der Waals surface area contributed by atoms with Gasteiger partial charge in [-0.25, -0.2) is 0 Å². The summed E-state index contributed by atoms with van der Waals surface area (Å²) in [5, 5.41) is 16.7. The molecule has 0 aromatic heterocycles. The van der Waals surface area contributed by atoms with Gasteiger partial charge in [-0.3, -0.25) is 0 Å². The van der Waals surface area contributed by atoms with Gasteiger partial charge in [-0.2, -0.15) is 0 Å². The molecular formula is C52H54. The third-order valence-electron chi connectivity index (χ3n) is 11.8. The van der Waals surface area contributed by atoms with Crippen LogP contribution in [0, 0.1) is 0 Å². The summed E-state index contributed by atoms with van der Waals surface area (Å²) < 4.78 is 0. The van der Waals surface area contributed by atoms with E-state index in [9.17, 15) is 0 Å². The predicted octanol–water partition coefficient (Wildman–Crippen LogP) is 15.9. The first-order chi connectivity index (χ1) is 25.8. The van der Waals surface area contributed by atoms with Crippen LogP contribution in [0.2, 0.25) is 0 Å². The standard InChI is InChI=1S/C52H54/c1(3-5-7-9-11-13-31-49-47-29-21-19-27-43(47)35-45-33-39-23-15-17-25-41(39)37-51(45)49)2-4-6-8-10-12-14-32-50-48-30-22-20-28-44(48)36-46-34-40-24-16-18-26-42(40)38-52(46)50/h15-30,33-38H,1-14,31-32H2. The molecule has 262 valence electrons. The molecule has 0 aliphatic rings. The molecule has 0 nitrogen and oxygen atoms in total. The molecular weight excluding hydrogens is 625 g/mol. The lowest BCUT2D eigenvalue weighted by Crippen LogP contribution is -1.92. The fraction of sp³-hybridized carbons (Fsp3) is 0.308. The third kappa shape index (κ3) is 7.88. The van der Waals surface area contributed by atoms with Crippen molar-refractivity contribution in [1.82, 2.24) is 0 Å². The predicted molar refractivity (Wildman–Crippen MR) is 230 cm³/mol. The molecule has 0 saturated heterocycles. The van der Waals surface area contributed by atoms with E-state index in [4.69, 9.17) is 0 Å².